The normalized spacial score (nSPS) is 10.6. The maximum absolute atomic E-state index is 11.6. The monoisotopic (exact) mass is 429 g/mol. The van der Waals surface area contributed by atoms with Crippen LogP contribution in [0.25, 0.3) is 17.1 Å². The summed E-state index contributed by atoms with van der Waals surface area (Å²) in [5.74, 6) is 7.05. The quantitative estimate of drug-likeness (QED) is 0.243. The highest BCUT2D eigenvalue weighted by atomic mass is 32.2. The molecule has 3 aromatic rings. The first-order valence-electron chi connectivity index (χ1n) is 8.97. The molecule has 0 radical (unpaired) electrons. The summed E-state index contributed by atoms with van der Waals surface area (Å²) in [6.07, 6.45) is 0. The number of nitrogens with two attached hydrogens (primary N) is 1. The number of hydrogen-bond acceptors (Lipinski definition) is 8. The Morgan fingerprint density at radius 2 is 1.80 bits per heavy atom. The summed E-state index contributed by atoms with van der Waals surface area (Å²) in [5, 5.41) is 9.23. The number of aryl methyl sites for hydroxylation is 1. The zero-order chi connectivity index (χ0) is 21.7. The van der Waals surface area contributed by atoms with E-state index in [4.69, 9.17) is 20.1 Å². The predicted octanol–water partition coefficient (Wildman–Crippen LogP) is 2.35. The minimum absolute atomic E-state index is 0.107. The van der Waals surface area contributed by atoms with E-state index in [0.717, 1.165) is 11.3 Å². The van der Waals surface area contributed by atoms with E-state index in [0.29, 0.717) is 33.8 Å². The molecule has 1 heterocycles. The van der Waals surface area contributed by atoms with Crippen molar-refractivity contribution in [1.29, 1.82) is 0 Å². The molecule has 0 saturated carbocycles. The van der Waals surface area contributed by atoms with Crippen molar-refractivity contribution in [3.05, 3.63) is 42.0 Å². The molecule has 0 bridgehead atoms. The van der Waals surface area contributed by atoms with Crippen LogP contribution < -0.4 is 25.5 Å². The van der Waals surface area contributed by atoms with Gasteiger partial charge < -0.3 is 14.2 Å². The maximum Gasteiger partial charge on any atom is 0.244 e. The van der Waals surface area contributed by atoms with Crippen LogP contribution in [-0.2, 0) is 4.79 Å². The third-order valence-electron chi connectivity index (χ3n) is 4.31. The highest BCUT2D eigenvalue weighted by Gasteiger charge is 2.21. The van der Waals surface area contributed by atoms with Crippen molar-refractivity contribution in [3.63, 3.8) is 0 Å². The molecule has 9 nitrogen and oxygen atoms in total. The molecule has 1 amide bonds. The Hall–Kier alpha value is -3.24. The third-order valence-corrected chi connectivity index (χ3v) is 5.24. The van der Waals surface area contributed by atoms with Gasteiger partial charge in [-0.25, -0.2) is 5.84 Å². The summed E-state index contributed by atoms with van der Waals surface area (Å²) < 4.78 is 18.2. The van der Waals surface area contributed by atoms with E-state index < -0.39 is 0 Å². The number of rotatable bonds is 8. The second-order valence-corrected chi connectivity index (χ2v) is 7.19. The predicted molar refractivity (Wildman–Crippen MR) is 114 cm³/mol. The summed E-state index contributed by atoms with van der Waals surface area (Å²) in [5.41, 5.74) is 4.77. The number of nitrogens with one attached hydrogen (secondary N) is 1. The van der Waals surface area contributed by atoms with Crippen molar-refractivity contribution < 1.29 is 19.0 Å². The number of nitrogens with zero attached hydrogens (tertiary/aromatic N) is 3. The first kappa shape index (κ1) is 21.5. The van der Waals surface area contributed by atoms with Crippen LogP contribution in [0.3, 0.4) is 0 Å². The SMILES string of the molecule is COc1cc(-c2nnc(SCC(=O)NN)n2-c2cccc(C)c2)cc(OC)c1OC. The molecule has 10 heteroatoms. The van der Waals surface area contributed by atoms with Crippen LogP contribution in [0.5, 0.6) is 17.2 Å². The molecule has 2 aromatic carbocycles. The Labute approximate surface area is 178 Å². The zero-order valence-electron chi connectivity index (χ0n) is 17.1. The van der Waals surface area contributed by atoms with Crippen LogP contribution in [0.4, 0.5) is 0 Å². The molecule has 0 aliphatic carbocycles. The van der Waals surface area contributed by atoms with Crippen molar-refractivity contribution in [3.8, 4) is 34.3 Å². The van der Waals surface area contributed by atoms with Crippen LogP contribution in [0.2, 0.25) is 0 Å². The van der Waals surface area contributed by atoms with E-state index in [-0.39, 0.29) is 11.7 Å². The van der Waals surface area contributed by atoms with Gasteiger partial charge in [-0.1, -0.05) is 23.9 Å². The second-order valence-electron chi connectivity index (χ2n) is 6.25. The Balaban J connectivity index is 2.18. The van der Waals surface area contributed by atoms with Crippen molar-refractivity contribution >= 4 is 17.7 Å². The average Bonchev–Trinajstić information content (AvgIpc) is 3.20. The molecular formula is C20H23N5O4S. The standard InChI is InChI=1S/C20H23N5O4S/c1-12-6-5-7-14(8-12)25-19(23-24-20(25)30-11-17(26)22-21)13-9-15(27-2)18(29-4)16(10-13)28-3/h5-10H,11,21H2,1-4H3,(H,22,26). The molecule has 3 N–H and O–H groups in total. The Bertz CT molecular complexity index is 1030. The number of benzene rings is 2. The van der Waals surface area contributed by atoms with Crippen LogP contribution >= 0.6 is 11.8 Å². The van der Waals surface area contributed by atoms with E-state index in [1.165, 1.54) is 11.8 Å². The molecule has 1 aromatic heterocycles. The summed E-state index contributed by atoms with van der Waals surface area (Å²) in [4.78, 5) is 11.6. The lowest BCUT2D eigenvalue weighted by Crippen LogP contribution is -2.31. The fourth-order valence-corrected chi connectivity index (χ4v) is 3.70. The molecule has 0 aliphatic heterocycles. The molecule has 0 fully saturated rings. The first-order valence-corrected chi connectivity index (χ1v) is 9.96. The van der Waals surface area contributed by atoms with Crippen molar-refractivity contribution in [2.75, 3.05) is 27.1 Å². The van der Waals surface area contributed by atoms with Gasteiger partial charge >= 0.3 is 0 Å². The van der Waals surface area contributed by atoms with Crippen LogP contribution in [-0.4, -0.2) is 47.8 Å². The number of amides is 1. The van der Waals surface area contributed by atoms with E-state index in [1.807, 2.05) is 35.8 Å². The summed E-state index contributed by atoms with van der Waals surface area (Å²) >= 11 is 1.23. The lowest BCUT2D eigenvalue weighted by molar-refractivity contribution is -0.118. The lowest BCUT2D eigenvalue weighted by atomic mass is 10.1. The highest BCUT2D eigenvalue weighted by molar-refractivity contribution is 7.99. The molecule has 158 valence electrons. The van der Waals surface area contributed by atoms with Gasteiger partial charge in [0.2, 0.25) is 11.7 Å². The largest absolute Gasteiger partial charge is 0.493 e. The number of hydrogen-bond donors (Lipinski definition) is 2. The lowest BCUT2D eigenvalue weighted by Gasteiger charge is -2.15. The number of aromatic nitrogens is 3. The molecule has 0 saturated heterocycles. The molecule has 30 heavy (non-hydrogen) atoms. The molecule has 3 rings (SSSR count). The number of carbonyl (C=O) groups excluding carboxylic acids is 1. The molecule has 0 atom stereocenters. The van der Waals surface area contributed by atoms with E-state index in [1.54, 1.807) is 33.5 Å². The highest BCUT2D eigenvalue weighted by Crippen LogP contribution is 2.41. The molecule has 0 unspecified atom stereocenters. The first-order chi connectivity index (χ1) is 14.5. The summed E-state index contributed by atoms with van der Waals surface area (Å²) in [6.45, 7) is 2.00. The van der Waals surface area contributed by atoms with Gasteiger partial charge in [0, 0.05) is 11.3 Å². The average molecular weight is 430 g/mol. The van der Waals surface area contributed by atoms with Gasteiger partial charge in [0.1, 0.15) is 0 Å². The number of hydrazine groups is 1. The fourth-order valence-electron chi connectivity index (χ4n) is 2.93. The third kappa shape index (κ3) is 4.34. The van der Waals surface area contributed by atoms with E-state index in [9.17, 15) is 4.79 Å². The van der Waals surface area contributed by atoms with Crippen LogP contribution in [0.15, 0.2) is 41.6 Å². The minimum Gasteiger partial charge on any atom is -0.493 e. The van der Waals surface area contributed by atoms with Gasteiger partial charge in [0.25, 0.3) is 0 Å². The number of methoxy groups -OCH3 is 3. The van der Waals surface area contributed by atoms with Crippen molar-refractivity contribution in [1.82, 2.24) is 20.2 Å². The number of ether oxygens (including phenoxy) is 3. The smallest absolute Gasteiger partial charge is 0.244 e. The fraction of sp³-hybridized carbons (Fsp3) is 0.250. The van der Waals surface area contributed by atoms with Crippen LogP contribution in [0, 0.1) is 6.92 Å². The van der Waals surface area contributed by atoms with Crippen molar-refractivity contribution in [2.45, 2.75) is 12.1 Å². The molecule has 0 aliphatic rings. The maximum atomic E-state index is 11.6. The number of carbonyl (C=O) groups is 1. The Morgan fingerprint density at radius 3 is 2.37 bits per heavy atom. The van der Waals surface area contributed by atoms with Gasteiger partial charge in [-0.15, -0.1) is 10.2 Å². The van der Waals surface area contributed by atoms with E-state index in [2.05, 4.69) is 15.6 Å². The number of thioether (sulfide) groups is 1. The summed E-state index contributed by atoms with van der Waals surface area (Å²) in [7, 11) is 4.66. The van der Waals surface area contributed by atoms with Gasteiger partial charge in [-0.05, 0) is 36.8 Å². The van der Waals surface area contributed by atoms with Crippen molar-refractivity contribution in [2.24, 2.45) is 5.84 Å². The topological polar surface area (TPSA) is 114 Å². The Morgan fingerprint density at radius 1 is 1.10 bits per heavy atom. The van der Waals surface area contributed by atoms with Gasteiger partial charge in [-0.3, -0.25) is 14.8 Å². The van der Waals surface area contributed by atoms with E-state index >= 15 is 0 Å². The van der Waals surface area contributed by atoms with Gasteiger partial charge in [-0.2, -0.15) is 0 Å². The van der Waals surface area contributed by atoms with Crippen LogP contribution in [0.1, 0.15) is 5.56 Å². The second kappa shape index (κ2) is 9.51. The van der Waals surface area contributed by atoms with Gasteiger partial charge in [0.15, 0.2) is 22.5 Å². The Kier molecular flexibility index (Phi) is 6.80. The minimum atomic E-state index is -0.312. The summed E-state index contributed by atoms with van der Waals surface area (Å²) in [6, 6.07) is 11.5. The van der Waals surface area contributed by atoms with Gasteiger partial charge in [0.05, 0.1) is 27.1 Å². The molecule has 0 spiro atoms. The molecular weight excluding hydrogens is 406 g/mol. The zero-order valence-corrected chi connectivity index (χ0v) is 17.9.